The fourth-order valence-electron chi connectivity index (χ4n) is 2.30. The third-order valence-corrected chi connectivity index (χ3v) is 3.66. The zero-order valence-electron chi connectivity index (χ0n) is 12.9. The molecule has 0 N–H and O–H groups in total. The van der Waals surface area contributed by atoms with Gasteiger partial charge in [-0.2, -0.15) is 18.3 Å². The molecule has 10 heteroatoms. The SMILES string of the molecule is Cc1c(C(=O)O[C@@H]2CCOC2=O)cnn1-c1ccc(C(F)(F)F)cn1. The van der Waals surface area contributed by atoms with Gasteiger partial charge in [-0.15, -0.1) is 0 Å². The third kappa shape index (κ3) is 3.32. The van der Waals surface area contributed by atoms with Crippen LogP contribution in [0.1, 0.15) is 28.0 Å². The van der Waals surface area contributed by atoms with E-state index in [-0.39, 0.29) is 24.4 Å². The second-order valence-electron chi connectivity index (χ2n) is 5.31. The highest BCUT2D eigenvalue weighted by molar-refractivity contribution is 5.92. The number of aromatic nitrogens is 3. The van der Waals surface area contributed by atoms with Gasteiger partial charge in [-0.1, -0.05) is 0 Å². The molecule has 25 heavy (non-hydrogen) atoms. The van der Waals surface area contributed by atoms with Crippen LogP contribution in [-0.2, 0) is 20.4 Å². The normalized spacial score (nSPS) is 17.4. The number of cyclic esters (lactones) is 1. The van der Waals surface area contributed by atoms with E-state index in [1.54, 1.807) is 0 Å². The Hall–Kier alpha value is -2.91. The molecule has 2 aromatic rings. The van der Waals surface area contributed by atoms with E-state index in [0.29, 0.717) is 11.9 Å². The number of hydrogen-bond donors (Lipinski definition) is 0. The van der Waals surface area contributed by atoms with Crippen LogP contribution in [-0.4, -0.2) is 39.4 Å². The van der Waals surface area contributed by atoms with Gasteiger partial charge in [0, 0.05) is 12.6 Å². The highest BCUT2D eigenvalue weighted by atomic mass is 19.4. The molecule has 0 amide bonds. The Kier molecular flexibility index (Phi) is 4.19. The van der Waals surface area contributed by atoms with Crippen LogP contribution in [0.15, 0.2) is 24.5 Å². The minimum atomic E-state index is -4.49. The maximum Gasteiger partial charge on any atom is 0.417 e. The van der Waals surface area contributed by atoms with Crippen molar-refractivity contribution in [3.05, 3.63) is 41.3 Å². The van der Waals surface area contributed by atoms with Crippen LogP contribution in [0.2, 0.25) is 0 Å². The molecule has 1 aliphatic heterocycles. The Labute approximate surface area is 139 Å². The topological polar surface area (TPSA) is 83.3 Å². The predicted molar refractivity (Wildman–Crippen MR) is 75.9 cm³/mol. The van der Waals surface area contributed by atoms with Crippen LogP contribution in [0, 0.1) is 6.92 Å². The summed E-state index contributed by atoms with van der Waals surface area (Å²) in [6.45, 7) is 1.72. The summed E-state index contributed by atoms with van der Waals surface area (Å²) in [7, 11) is 0. The molecule has 0 bridgehead atoms. The zero-order valence-corrected chi connectivity index (χ0v) is 12.9. The lowest BCUT2D eigenvalue weighted by Crippen LogP contribution is -2.23. The molecule has 132 valence electrons. The minimum Gasteiger partial charge on any atom is -0.463 e. The molecule has 2 aromatic heterocycles. The molecule has 1 fully saturated rings. The molecule has 1 aliphatic rings. The van der Waals surface area contributed by atoms with Gasteiger partial charge in [0.25, 0.3) is 0 Å². The molecule has 0 aromatic carbocycles. The van der Waals surface area contributed by atoms with Gasteiger partial charge in [0.05, 0.1) is 24.1 Å². The van der Waals surface area contributed by atoms with Crippen LogP contribution in [0.3, 0.4) is 0 Å². The lowest BCUT2D eigenvalue weighted by Gasteiger charge is -2.09. The Morgan fingerprint density at radius 1 is 1.36 bits per heavy atom. The molecular weight excluding hydrogens is 343 g/mol. The second-order valence-corrected chi connectivity index (χ2v) is 5.31. The number of halogens is 3. The summed E-state index contributed by atoms with van der Waals surface area (Å²) in [5, 5.41) is 3.95. The number of rotatable bonds is 3. The van der Waals surface area contributed by atoms with Gasteiger partial charge in [0.2, 0.25) is 6.10 Å². The number of esters is 2. The molecule has 0 aliphatic carbocycles. The van der Waals surface area contributed by atoms with Crippen molar-refractivity contribution < 1.29 is 32.2 Å². The first-order valence-corrected chi connectivity index (χ1v) is 7.23. The van der Waals surface area contributed by atoms with Crippen molar-refractivity contribution in [1.29, 1.82) is 0 Å². The first-order valence-electron chi connectivity index (χ1n) is 7.23. The third-order valence-electron chi connectivity index (χ3n) is 3.66. The maximum atomic E-state index is 12.6. The van der Waals surface area contributed by atoms with E-state index in [1.807, 2.05) is 0 Å². The molecule has 0 saturated carbocycles. The van der Waals surface area contributed by atoms with Crippen molar-refractivity contribution in [2.75, 3.05) is 6.61 Å². The predicted octanol–water partition coefficient (Wildman–Crippen LogP) is 2.07. The zero-order chi connectivity index (χ0) is 18.2. The van der Waals surface area contributed by atoms with Crippen LogP contribution < -0.4 is 0 Å². The molecule has 0 spiro atoms. The first-order chi connectivity index (χ1) is 11.8. The summed E-state index contributed by atoms with van der Waals surface area (Å²) in [5.41, 5.74) is -0.481. The summed E-state index contributed by atoms with van der Waals surface area (Å²) in [6, 6.07) is 2.02. The van der Waals surface area contributed by atoms with Crippen LogP contribution in [0.25, 0.3) is 5.82 Å². The molecule has 0 radical (unpaired) electrons. The summed E-state index contributed by atoms with van der Waals surface area (Å²) >= 11 is 0. The minimum absolute atomic E-state index is 0.0846. The average molecular weight is 355 g/mol. The fraction of sp³-hybridized carbons (Fsp3) is 0.333. The molecule has 7 nitrogen and oxygen atoms in total. The van der Waals surface area contributed by atoms with E-state index in [4.69, 9.17) is 9.47 Å². The van der Waals surface area contributed by atoms with Crippen LogP contribution in [0.4, 0.5) is 13.2 Å². The molecule has 3 rings (SSSR count). The van der Waals surface area contributed by atoms with Crippen molar-refractivity contribution >= 4 is 11.9 Å². The Morgan fingerprint density at radius 3 is 2.68 bits per heavy atom. The van der Waals surface area contributed by atoms with Crippen molar-refractivity contribution in [2.45, 2.75) is 25.6 Å². The van der Waals surface area contributed by atoms with Gasteiger partial charge in [-0.05, 0) is 19.1 Å². The molecule has 3 heterocycles. The summed E-state index contributed by atoms with van der Waals surface area (Å²) in [5.74, 6) is -1.26. The summed E-state index contributed by atoms with van der Waals surface area (Å²) in [6.07, 6.45) is -3.28. The number of alkyl halides is 3. The van der Waals surface area contributed by atoms with Gasteiger partial charge < -0.3 is 9.47 Å². The largest absolute Gasteiger partial charge is 0.463 e. The van der Waals surface area contributed by atoms with E-state index < -0.39 is 29.8 Å². The quantitative estimate of drug-likeness (QED) is 0.784. The van der Waals surface area contributed by atoms with Gasteiger partial charge in [-0.3, -0.25) is 0 Å². The first kappa shape index (κ1) is 16.9. The van der Waals surface area contributed by atoms with Gasteiger partial charge in [0.15, 0.2) is 5.82 Å². The van der Waals surface area contributed by atoms with E-state index in [2.05, 4.69) is 10.1 Å². The smallest absolute Gasteiger partial charge is 0.417 e. The van der Waals surface area contributed by atoms with Gasteiger partial charge in [0.1, 0.15) is 5.56 Å². The van der Waals surface area contributed by atoms with Gasteiger partial charge >= 0.3 is 18.1 Å². The van der Waals surface area contributed by atoms with Crippen molar-refractivity contribution in [1.82, 2.24) is 14.8 Å². The van der Waals surface area contributed by atoms with E-state index >= 15 is 0 Å². The van der Waals surface area contributed by atoms with Gasteiger partial charge in [-0.25, -0.2) is 19.3 Å². The summed E-state index contributed by atoms with van der Waals surface area (Å²) < 4.78 is 48.7. The standard InChI is InChI=1S/C15H12F3N3O4/c1-8-10(13(22)25-11-4-5-24-14(11)23)7-20-21(8)12-3-2-9(6-19-12)15(16,17)18/h2-3,6-7,11H,4-5H2,1H3/t11-/m1/s1. The highest BCUT2D eigenvalue weighted by Crippen LogP contribution is 2.29. The van der Waals surface area contributed by atoms with Crippen LogP contribution in [0.5, 0.6) is 0 Å². The van der Waals surface area contributed by atoms with Crippen molar-refractivity contribution in [2.24, 2.45) is 0 Å². The Balaban J connectivity index is 1.81. The van der Waals surface area contributed by atoms with Crippen molar-refractivity contribution in [3.8, 4) is 5.82 Å². The number of pyridine rings is 1. The molecule has 1 atom stereocenters. The lowest BCUT2D eigenvalue weighted by molar-refractivity contribution is -0.145. The highest BCUT2D eigenvalue weighted by Gasteiger charge is 2.32. The monoisotopic (exact) mass is 355 g/mol. The number of hydrogen-bond acceptors (Lipinski definition) is 6. The van der Waals surface area contributed by atoms with E-state index in [0.717, 1.165) is 12.1 Å². The van der Waals surface area contributed by atoms with E-state index in [1.165, 1.54) is 17.8 Å². The molecular formula is C15H12F3N3O4. The number of ether oxygens (including phenoxy) is 2. The van der Waals surface area contributed by atoms with Crippen LogP contribution >= 0.6 is 0 Å². The molecule has 1 saturated heterocycles. The number of nitrogens with zero attached hydrogens (tertiary/aromatic N) is 3. The van der Waals surface area contributed by atoms with Crippen molar-refractivity contribution in [3.63, 3.8) is 0 Å². The fourth-order valence-corrected chi connectivity index (χ4v) is 2.30. The summed E-state index contributed by atoms with van der Waals surface area (Å²) in [4.78, 5) is 27.2. The Morgan fingerprint density at radius 2 is 2.12 bits per heavy atom. The lowest BCUT2D eigenvalue weighted by atomic mass is 10.2. The maximum absolute atomic E-state index is 12.6. The van der Waals surface area contributed by atoms with E-state index in [9.17, 15) is 22.8 Å². The molecule has 0 unspecified atom stereocenters. The second kappa shape index (κ2) is 6.19. The average Bonchev–Trinajstić information content (AvgIpc) is 3.13. The number of carbonyl (C=O) groups excluding carboxylic acids is 2. The number of carbonyl (C=O) groups is 2. The Bertz CT molecular complexity index is 814.